The van der Waals surface area contributed by atoms with Crippen LogP contribution < -0.4 is 5.11 Å². The summed E-state index contributed by atoms with van der Waals surface area (Å²) in [6.45, 7) is -1.05. The van der Waals surface area contributed by atoms with Crippen LogP contribution in [0.4, 0.5) is 4.39 Å². The molecule has 0 saturated heterocycles. The van der Waals surface area contributed by atoms with Crippen LogP contribution in [0.3, 0.4) is 0 Å². The van der Waals surface area contributed by atoms with E-state index in [2.05, 4.69) is 4.74 Å². The van der Waals surface area contributed by atoms with Crippen molar-refractivity contribution in [3.63, 3.8) is 0 Å². The molecule has 4 heteroatoms. The fourth-order valence-electron chi connectivity index (χ4n) is 0.210. The number of carbonyl (C=O) groups is 1. The zero-order valence-corrected chi connectivity index (χ0v) is 4.22. The number of rotatable bonds is 4. The van der Waals surface area contributed by atoms with E-state index in [0.717, 1.165) is 0 Å². The highest BCUT2D eigenvalue weighted by molar-refractivity contribution is 5.64. The summed E-state index contributed by atoms with van der Waals surface area (Å²) in [5.74, 6) is -1.22. The van der Waals surface area contributed by atoms with Gasteiger partial charge < -0.3 is 14.6 Å². The summed E-state index contributed by atoms with van der Waals surface area (Å²) in [7, 11) is 0. The van der Waals surface area contributed by atoms with Gasteiger partial charge in [-0.25, -0.2) is 4.39 Å². The minimum Gasteiger partial charge on any atom is -0.550 e. The number of alkyl halides is 1. The Morgan fingerprint density at radius 1 is 1.75 bits per heavy atom. The molecule has 0 fully saturated rings. The van der Waals surface area contributed by atoms with Crippen molar-refractivity contribution in [1.82, 2.24) is 0 Å². The first-order valence-electron chi connectivity index (χ1n) is 2.11. The van der Waals surface area contributed by atoms with Crippen molar-refractivity contribution in [3.8, 4) is 0 Å². The van der Waals surface area contributed by atoms with Crippen molar-refractivity contribution in [2.24, 2.45) is 0 Å². The molecule has 0 aromatic heterocycles. The zero-order valence-electron chi connectivity index (χ0n) is 4.22. The first-order chi connectivity index (χ1) is 3.77. The molecule has 0 radical (unpaired) electrons. The highest BCUT2D eigenvalue weighted by atomic mass is 19.1. The third kappa shape index (κ3) is 5.36. The van der Waals surface area contributed by atoms with Crippen LogP contribution in [0.2, 0.25) is 0 Å². The number of hydrogen-bond acceptors (Lipinski definition) is 3. The number of halogens is 1. The van der Waals surface area contributed by atoms with E-state index in [1.165, 1.54) is 0 Å². The molecule has 48 valence electrons. The first kappa shape index (κ1) is 7.36. The number of carboxylic acid groups (broad SMARTS) is 1. The third-order valence-corrected chi connectivity index (χ3v) is 0.528. The van der Waals surface area contributed by atoms with Crippen molar-refractivity contribution in [1.29, 1.82) is 0 Å². The van der Waals surface area contributed by atoms with Crippen LogP contribution in [0, 0.1) is 0 Å². The molecule has 0 aliphatic carbocycles. The van der Waals surface area contributed by atoms with E-state index in [4.69, 9.17) is 0 Å². The van der Waals surface area contributed by atoms with Gasteiger partial charge in [0, 0.05) is 12.4 Å². The summed E-state index contributed by atoms with van der Waals surface area (Å²) >= 11 is 0. The molecule has 0 atom stereocenters. The van der Waals surface area contributed by atoms with Crippen molar-refractivity contribution in [2.75, 3.05) is 13.5 Å². The normalized spacial score (nSPS) is 9.12. The van der Waals surface area contributed by atoms with E-state index in [1.807, 2.05) is 0 Å². The topological polar surface area (TPSA) is 49.4 Å². The number of carboxylic acids is 1. The molecule has 0 bridgehead atoms. The molecule has 0 heterocycles. The first-order valence-corrected chi connectivity index (χ1v) is 2.11. The van der Waals surface area contributed by atoms with Gasteiger partial charge in [-0.1, -0.05) is 0 Å². The van der Waals surface area contributed by atoms with Crippen LogP contribution in [-0.2, 0) is 9.53 Å². The fraction of sp³-hybridized carbons (Fsp3) is 0.750. The predicted octanol–water partition coefficient (Wildman–Crippen LogP) is -0.930. The van der Waals surface area contributed by atoms with Gasteiger partial charge in [0.1, 0.15) is 0 Å². The summed E-state index contributed by atoms with van der Waals surface area (Å²) in [5.41, 5.74) is 0. The molecular formula is C4H6FO3-. The second kappa shape index (κ2) is 4.52. The van der Waals surface area contributed by atoms with Crippen LogP contribution in [0.25, 0.3) is 0 Å². The lowest BCUT2D eigenvalue weighted by Gasteiger charge is -1.98. The Balaban J connectivity index is 2.82. The maximum absolute atomic E-state index is 11.0. The fourth-order valence-corrected chi connectivity index (χ4v) is 0.210. The average molecular weight is 121 g/mol. The molecule has 0 unspecified atom stereocenters. The molecule has 0 rings (SSSR count). The summed E-state index contributed by atoms with van der Waals surface area (Å²) in [4.78, 5) is 9.56. The van der Waals surface area contributed by atoms with Crippen molar-refractivity contribution >= 4 is 5.97 Å². The van der Waals surface area contributed by atoms with Crippen molar-refractivity contribution < 1.29 is 19.0 Å². The Morgan fingerprint density at radius 2 is 2.38 bits per heavy atom. The van der Waals surface area contributed by atoms with Gasteiger partial charge in [0.15, 0.2) is 6.86 Å². The number of carbonyl (C=O) groups excluding carboxylic acids is 1. The molecule has 0 saturated carbocycles. The summed E-state index contributed by atoms with van der Waals surface area (Å²) in [6, 6.07) is 0. The van der Waals surface area contributed by atoms with Gasteiger partial charge in [0.2, 0.25) is 0 Å². The van der Waals surface area contributed by atoms with Gasteiger partial charge in [-0.3, -0.25) is 0 Å². The molecule has 0 aromatic rings. The standard InChI is InChI=1S/C4H7FO3/c5-3-8-2-1-4(6)7/h1-3H2,(H,6,7)/p-1. The lowest BCUT2D eigenvalue weighted by molar-refractivity contribution is -0.306. The smallest absolute Gasteiger partial charge is 0.188 e. The Morgan fingerprint density at radius 3 is 2.75 bits per heavy atom. The van der Waals surface area contributed by atoms with Crippen molar-refractivity contribution in [2.45, 2.75) is 6.42 Å². The lowest BCUT2D eigenvalue weighted by atomic mass is 10.5. The summed E-state index contributed by atoms with van der Waals surface area (Å²) in [5, 5.41) is 9.56. The quantitative estimate of drug-likeness (QED) is 0.451. The minimum absolute atomic E-state index is 0.112. The van der Waals surface area contributed by atoms with E-state index in [0.29, 0.717) is 0 Å². The maximum atomic E-state index is 11.0. The molecule has 0 aliphatic rings. The van der Waals surface area contributed by atoms with Crippen LogP contribution in [0.15, 0.2) is 0 Å². The molecule has 0 N–H and O–H groups in total. The zero-order chi connectivity index (χ0) is 6.41. The maximum Gasteiger partial charge on any atom is 0.188 e. The molecule has 3 nitrogen and oxygen atoms in total. The van der Waals surface area contributed by atoms with Crippen LogP contribution >= 0.6 is 0 Å². The van der Waals surface area contributed by atoms with Gasteiger partial charge in [0.25, 0.3) is 0 Å². The predicted molar refractivity (Wildman–Crippen MR) is 21.6 cm³/mol. The van der Waals surface area contributed by atoms with E-state index >= 15 is 0 Å². The number of ether oxygens (including phenoxy) is 1. The van der Waals surface area contributed by atoms with Gasteiger partial charge >= 0.3 is 0 Å². The molecule has 8 heavy (non-hydrogen) atoms. The number of aliphatic carboxylic acids is 1. The second-order valence-electron chi connectivity index (χ2n) is 1.14. The SMILES string of the molecule is O=C([O-])CCOCF. The molecular weight excluding hydrogens is 115 g/mol. The van der Waals surface area contributed by atoms with E-state index in [1.54, 1.807) is 0 Å². The average Bonchev–Trinajstić information content (AvgIpc) is 1.66. The van der Waals surface area contributed by atoms with Crippen molar-refractivity contribution in [3.05, 3.63) is 0 Å². The highest BCUT2D eigenvalue weighted by Gasteiger charge is 1.84. The van der Waals surface area contributed by atoms with Gasteiger partial charge in [0.05, 0.1) is 6.61 Å². The molecule has 0 amide bonds. The molecule has 0 aromatic carbocycles. The van der Waals surface area contributed by atoms with Crippen LogP contribution in [0.1, 0.15) is 6.42 Å². The van der Waals surface area contributed by atoms with Crippen LogP contribution in [-0.4, -0.2) is 19.4 Å². The van der Waals surface area contributed by atoms with E-state index < -0.39 is 12.8 Å². The minimum atomic E-state index is -1.22. The van der Waals surface area contributed by atoms with Crippen LogP contribution in [0.5, 0.6) is 0 Å². The molecule has 0 spiro atoms. The van der Waals surface area contributed by atoms with Gasteiger partial charge in [-0.2, -0.15) is 0 Å². The van der Waals surface area contributed by atoms with Gasteiger partial charge in [-0.15, -0.1) is 0 Å². The van der Waals surface area contributed by atoms with E-state index in [-0.39, 0.29) is 13.0 Å². The van der Waals surface area contributed by atoms with Gasteiger partial charge in [-0.05, 0) is 0 Å². The highest BCUT2D eigenvalue weighted by Crippen LogP contribution is 1.79. The monoisotopic (exact) mass is 121 g/mol. The van der Waals surface area contributed by atoms with E-state index in [9.17, 15) is 14.3 Å². The largest absolute Gasteiger partial charge is 0.550 e. The Bertz CT molecular complexity index is 73.7. The Kier molecular flexibility index (Phi) is 4.16. The third-order valence-electron chi connectivity index (χ3n) is 0.528. The summed E-state index contributed by atoms with van der Waals surface area (Å²) in [6.07, 6.45) is -0.246. The Labute approximate surface area is 46.1 Å². The lowest BCUT2D eigenvalue weighted by Crippen LogP contribution is -2.23. The number of hydrogen-bond donors (Lipinski definition) is 0. The molecule has 0 aliphatic heterocycles. The second-order valence-corrected chi connectivity index (χ2v) is 1.14. The Hall–Kier alpha value is -0.640. The summed E-state index contributed by atoms with van der Waals surface area (Å²) < 4.78 is 15.1.